The Morgan fingerprint density at radius 3 is 2.48 bits per heavy atom. The standard InChI is InChI=1S/C23H20F3NO5S/c1-13-19(32-9-8-18(28)29)21(22(30)31)33-20(13)15-5-3-7-17(11-15)27-12-14-4-2-6-16(10-14)23(24,25)26/h2-7,10-11,27H,8-9,12H2,1H3,(H,28,29)(H,30,31). The molecule has 0 aliphatic heterocycles. The molecule has 33 heavy (non-hydrogen) atoms. The number of ether oxygens (including phenoxy) is 1. The van der Waals surface area contributed by atoms with E-state index in [1.54, 1.807) is 37.3 Å². The van der Waals surface area contributed by atoms with Gasteiger partial charge in [-0.25, -0.2) is 4.79 Å². The summed E-state index contributed by atoms with van der Waals surface area (Å²) >= 11 is 1.01. The molecular weight excluding hydrogens is 459 g/mol. The van der Waals surface area contributed by atoms with Gasteiger partial charge in [-0.2, -0.15) is 13.2 Å². The van der Waals surface area contributed by atoms with Crippen LogP contribution in [0.1, 0.15) is 32.8 Å². The molecule has 1 aromatic heterocycles. The topological polar surface area (TPSA) is 95.9 Å². The highest BCUT2D eigenvalue weighted by molar-refractivity contribution is 7.18. The second kappa shape index (κ2) is 9.95. The first kappa shape index (κ1) is 24.1. The van der Waals surface area contributed by atoms with Gasteiger partial charge in [-0.15, -0.1) is 11.3 Å². The smallest absolute Gasteiger partial charge is 0.416 e. The van der Waals surface area contributed by atoms with E-state index >= 15 is 0 Å². The predicted molar refractivity (Wildman–Crippen MR) is 118 cm³/mol. The molecule has 0 aliphatic carbocycles. The highest BCUT2D eigenvalue weighted by Gasteiger charge is 2.30. The van der Waals surface area contributed by atoms with Crippen LogP contribution in [0.4, 0.5) is 18.9 Å². The van der Waals surface area contributed by atoms with Crippen LogP contribution in [0.5, 0.6) is 5.75 Å². The van der Waals surface area contributed by atoms with E-state index in [-0.39, 0.29) is 30.2 Å². The molecule has 1 heterocycles. The summed E-state index contributed by atoms with van der Waals surface area (Å²) in [6.45, 7) is 1.70. The van der Waals surface area contributed by atoms with Gasteiger partial charge in [-0.05, 0) is 42.3 Å². The van der Waals surface area contributed by atoms with Crippen LogP contribution < -0.4 is 10.1 Å². The maximum Gasteiger partial charge on any atom is 0.416 e. The Balaban J connectivity index is 1.82. The van der Waals surface area contributed by atoms with Crippen LogP contribution in [0.2, 0.25) is 0 Å². The van der Waals surface area contributed by atoms with Gasteiger partial charge in [0.05, 0.1) is 18.6 Å². The maximum absolute atomic E-state index is 12.9. The van der Waals surface area contributed by atoms with Crippen LogP contribution in [-0.2, 0) is 17.5 Å². The first-order chi connectivity index (χ1) is 15.6. The Bertz CT molecular complexity index is 1170. The van der Waals surface area contributed by atoms with Crippen LogP contribution in [0.3, 0.4) is 0 Å². The molecule has 0 saturated carbocycles. The molecule has 0 aliphatic rings. The second-order valence-corrected chi connectivity index (χ2v) is 8.16. The Hall–Kier alpha value is -3.53. The van der Waals surface area contributed by atoms with E-state index in [1.807, 2.05) is 0 Å². The predicted octanol–water partition coefficient (Wildman–Crippen LogP) is 5.91. The zero-order valence-corrected chi connectivity index (χ0v) is 18.2. The van der Waals surface area contributed by atoms with Crippen molar-refractivity contribution in [1.29, 1.82) is 0 Å². The van der Waals surface area contributed by atoms with Crippen molar-refractivity contribution in [2.45, 2.75) is 26.1 Å². The average molecular weight is 479 g/mol. The van der Waals surface area contributed by atoms with Crippen LogP contribution in [0.25, 0.3) is 10.4 Å². The molecule has 10 heteroatoms. The summed E-state index contributed by atoms with van der Waals surface area (Å²) < 4.78 is 44.2. The van der Waals surface area contributed by atoms with Gasteiger partial charge < -0.3 is 20.3 Å². The highest BCUT2D eigenvalue weighted by Crippen LogP contribution is 2.42. The summed E-state index contributed by atoms with van der Waals surface area (Å²) in [6.07, 6.45) is -4.68. The molecule has 0 bridgehead atoms. The lowest BCUT2D eigenvalue weighted by Crippen LogP contribution is -2.07. The lowest BCUT2D eigenvalue weighted by molar-refractivity contribution is -0.138. The van der Waals surface area contributed by atoms with Gasteiger partial charge in [0.1, 0.15) is 5.75 Å². The zero-order chi connectivity index (χ0) is 24.2. The number of nitrogens with one attached hydrogen (secondary N) is 1. The summed E-state index contributed by atoms with van der Waals surface area (Å²) in [6, 6.07) is 12.1. The first-order valence-corrected chi connectivity index (χ1v) is 10.6. The Morgan fingerprint density at radius 2 is 1.82 bits per heavy atom. The molecule has 0 fully saturated rings. The molecule has 0 amide bonds. The molecule has 0 unspecified atom stereocenters. The molecule has 3 aromatic rings. The van der Waals surface area contributed by atoms with Gasteiger partial charge >= 0.3 is 18.1 Å². The normalized spacial score (nSPS) is 11.3. The van der Waals surface area contributed by atoms with Crippen molar-refractivity contribution < 1.29 is 37.7 Å². The maximum atomic E-state index is 12.9. The highest BCUT2D eigenvalue weighted by atomic mass is 32.1. The number of carboxylic acids is 2. The van der Waals surface area contributed by atoms with E-state index in [1.165, 1.54) is 6.07 Å². The van der Waals surface area contributed by atoms with Crippen molar-refractivity contribution in [3.8, 4) is 16.2 Å². The first-order valence-electron chi connectivity index (χ1n) is 9.78. The van der Waals surface area contributed by atoms with Gasteiger partial charge in [-0.3, -0.25) is 4.79 Å². The minimum atomic E-state index is -4.42. The third-order valence-corrected chi connectivity index (χ3v) is 6.03. The van der Waals surface area contributed by atoms with Crippen molar-refractivity contribution in [3.05, 3.63) is 70.1 Å². The number of benzene rings is 2. The molecule has 0 saturated heterocycles. The van der Waals surface area contributed by atoms with Crippen LogP contribution in [-0.4, -0.2) is 28.8 Å². The molecular formula is C23H20F3NO5S. The molecule has 0 radical (unpaired) electrons. The number of halogens is 3. The lowest BCUT2D eigenvalue weighted by atomic mass is 10.1. The van der Waals surface area contributed by atoms with Gasteiger partial charge in [-0.1, -0.05) is 24.3 Å². The average Bonchev–Trinajstić information content (AvgIpc) is 3.08. The Kier molecular flexibility index (Phi) is 7.27. The zero-order valence-electron chi connectivity index (χ0n) is 17.4. The molecule has 0 spiro atoms. The largest absolute Gasteiger partial charge is 0.491 e. The van der Waals surface area contributed by atoms with E-state index in [4.69, 9.17) is 9.84 Å². The van der Waals surface area contributed by atoms with Gasteiger partial charge in [0.25, 0.3) is 0 Å². The van der Waals surface area contributed by atoms with E-state index in [2.05, 4.69) is 5.32 Å². The fourth-order valence-corrected chi connectivity index (χ4v) is 4.25. The summed E-state index contributed by atoms with van der Waals surface area (Å²) in [4.78, 5) is 23.0. The SMILES string of the molecule is Cc1c(-c2cccc(NCc3cccc(C(F)(F)F)c3)c2)sc(C(=O)O)c1OCCC(=O)O. The van der Waals surface area contributed by atoms with Crippen LogP contribution >= 0.6 is 11.3 Å². The molecule has 2 aromatic carbocycles. The van der Waals surface area contributed by atoms with E-state index in [0.29, 0.717) is 27.3 Å². The number of carboxylic acid groups (broad SMARTS) is 2. The van der Waals surface area contributed by atoms with Gasteiger partial charge in [0, 0.05) is 22.7 Å². The summed E-state index contributed by atoms with van der Waals surface area (Å²) in [7, 11) is 0. The van der Waals surface area contributed by atoms with E-state index in [9.17, 15) is 27.9 Å². The lowest BCUT2D eigenvalue weighted by Gasteiger charge is -2.11. The van der Waals surface area contributed by atoms with Gasteiger partial charge in [0.2, 0.25) is 0 Å². The number of aliphatic carboxylic acids is 1. The molecule has 0 atom stereocenters. The number of thiophene rings is 1. The fourth-order valence-electron chi connectivity index (χ4n) is 3.16. The third-order valence-electron chi connectivity index (χ3n) is 4.72. The summed E-state index contributed by atoms with van der Waals surface area (Å²) in [5.41, 5.74) is 1.65. The quantitative estimate of drug-likeness (QED) is 0.353. The van der Waals surface area contributed by atoms with Crippen molar-refractivity contribution in [2.24, 2.45) is 0 Å². The van der Waals surface area contributed by atoms with Crippen molar-refractivity contribution in [1.82, 2.24) is 0 Å². The minimum Gasteiger partial charge on any atom is -0.491 e. The number of hydrogen-bond acceptors (Lipinski definition) is 5. The fraction of sp³-hybridized carbons (Fsp3) is 0.217. The Morgan fingerprint density at radius 1 is 1.09 bits per heavy atom. The van der Waals surface area contributed by atoms with Crippen molar-refractivity contribution in [3.63, 3.8) is 0 Å². The monoisotopic (exact) mass is 479 g/mol. The molecule has 3 rings (SSSR count). The molecule has 174 valence electrons. The van der Waals surface area contributed by atoms with E-state index < -0.39 is 23.7 Å². The van der Waals surface area contributed by atoms with Crippen LogP contribution in [0, 0.1) is 6.92 Å². The van der Waals surface area contributed by atoms with Crippen molar-refractivity contribution >= 4 is 29.0 Å². The number of alkyl halides is 3. The van der Waals surface area contributed by atoms with Crippen LogP contribution in [0.15, 0.2) is 48.5 Å². The van der Waals surface area contributed by atoms with E-state index in [0.717, 1.165) is 23.5 Å². The summed E-state index contributed by atoms with van der Waals surface area (Å²) in [5.74, 6) is -2.11. The number of anilines is 1. The number of carbonyl (C=O) groups is 2. The number of hydrogen-bond donors (Lipinski definition) is 3. The number of aromatic carboxylic acids is 1. The van der Waals surface area contributed by atoms with Gasteiger partial charge in [0.15, 0.2) is 4.88 Å². The minimum absolute atomic E-state index is 0.0322. The Labute approximate surface area is 191 Å². The van der Waals surface area contributed by atoms with Crippen molar-refractivity contribution in [2.75, 3.05) is 11.9 Å². The second-order valence-electron chi connectivity index (χ2n) is 7.14. The number of rotatable bonds is 9. The third kappa shape index (κ3) is 6.04. The summed E-state index contributed by atoms with van der Waals surface area (Å²) in [5, 5.41) is 21.4. The molecule has 3 N–H and O–H groups in total. The molecule has 6 nitrogen and oxygen atoms in total.